The van der Waals surface area contributed by atoms with Gasteiger partial charge in [-0.15, -0.1) is 5.10 Å². The van der Waals surface area contributed by atoms with Crippen LogP contribution in [-0.4, -0.2) is 23.3 Å². The molecule has 1 aromatic carbocycles. The first-order chi connectivity index (χ1) is 8.81. The van der Waals surface area contributed by atoms with Gasteiger partial charge >= 0.3 is 0 Å². The van der Waals surface area contributed by atoms with Crippen molar-refractivity contribution in [1.29, 1.82) is 0 Å². The molecule has 18 heavy (non-hydrogen) atoms. The summed E-state index contributed by atoms with van der Waals surface area (Å²) in [4.78, 5) is 1.91. The van der Waals surface area contributed by atoms with E-state index in [1.165, 1.54) is 12.1 Å². The highest BCUT2D eigenvalue weighted by molar-refractivity contribution is 5.59. The van der Waals surface area contributed by atoms with Crippen molar-refractivity contribution in [3.63, 3.8) is 0 Å². The van der Waals surface area contributed by atoms with Gasteiger partial charge in [0.2, 0.25) is 0 Å². The fraction of sp³-hybridized carbons (Fsp3) is 0.231. The van der Waals surface area contributed by atoms with Crippen molar-refractivity contribution in [2.75, 3.05) is 18.0 Å². The number of nitrogens with zero attached hydrogens (tertiary/aromatic N) is 3. The smallest absolute Gasteiger partial charge is 0.155 e. The minimum absolute atomic E-state index is 0.269. The Labute approximate surface area is 105 Å². The molecular formula is C13H15FN4. The van der Waals surface area contributed by atoms with Crippen molar-refractivity contribution in [2.24, 2.45) is 5.73 Å². The molecule has 2 rings (SSSR count). The SMILES string of the molecule is NCCCN(c1cccc(F)c1)c1cccnn1. The summed E-state index contributed by atoms with van der Waals surface area (Å²) in [5.74, 6) is 0.422. The lowest BCUT2D eigenvalue weighted by atomic mass is 10.2. The Morgan fingerprint density at radius 1 is 1.22 bits per heavy atom. The molecule has 0 aliphatic carbocycles. The molecule has 0 atom stereocenters. The summed E-state index contributed by atoms with van der Waals surface area (Å²) in [7, 11) is 0. The second-order valence-corrected chi connectivity index (χ2v) is 3.86. The Morgan fingerprint density at radius 3 is 2.78 bits per heavy atom. The van der Waals surface area contributed by atoms with Gasteiger partial charge in [-0.3, -0.25) is 0 Å². The van der Waals surface area contributed by atoms with Crippen molar-refractivity contribution >= 4 is 11.5 Å². The molecule has 5 heteroatoms. The highest BCUT2D eigenvalue weighted by Gasteiger charge is 2.10. The predicted molar refractivity (Wildman–Crippen MR) is 69.1 cm³/mol. The number of aromatic nitrogens is 2. The monoisotopic (exact) mass is 246 g/mol. The second kappa shape index (κ2) is 6.07. The topological polar surface area (TPSA) is 55.0 Å². The van der Waals surface area contributed by atoms with Crippen LogP contribution in [0.2, 0.25) is 0 Å². The fourth-order valence-electron chi connectivity index (χ4n) is 1.71. The van der Waals surface area contributed by atoms with Crippen LogP contribution < -0.4 is 10.6 Å². The van der Waals surface area contributed by atoms with Gasteiger partial charge in [0.15, 0.2) is 5.82 Å². The van der Waals surface area contributed by atoms with Crippen molar-refractivity contribution in [2.45, 2.75) is 6.42 Å². The van der Waals surface area contributed by atoms with Gasteiger partial charge in [-0.1, -0.05) is 6.07 Å². The summed E-state index contributed by atoms with van der Waals surface area (Å²) in [6.07, 6.45) is 2.41. The normalized spacial score (nSPS) is 10.3. The highest BCUT2D eigenvalue weighted by atomic mass is 19.1. The average molecular weight is 246 g/mol. The summed E-state index contributed by atoms with van der Waals surface area (Å²) >= 11 is 0. The second-order valence-electron chi connectivity index (χ2n) is 3.86. The molecule has 0 bridgehead atoms. The van der Waals surface area contributed by atoms with E-state index < -0.39 is 0 Å². The maximum Gasteiger partial charge on any atom is 0.155 e. The van der Waals surface area contributed by atoms with Gasteiger partial charge in [-0.05, 0) is 43.3 Å². The van der Waals surface area contributed by atoms with E-state index in [2.05, 4.69) is 10.2 Å². The number of hydrogen-bond acceptors (Lipinski definition) is 4. The van der Waals surface area contributed by atoms with Gasteiger partial charge in [0, 0.05) is 18.4 Å². The molecule has 0 spiro atoms. The zero-order valence-corrected chi connectivity index (χ0v) is 9.96. The first-order valence-electron chi connectivity index (χ1n) is 5.82. The summed E-state index contributed by atoms with van der Waals surface area (Å²) in [6.45, 7) is 1.25. The van der Waals surface area contributed by atoms with Crippen LogP contribution in [0.25, 0.3) is 0 Å². The van der Waals surface area contributed by atoms with Crippen LogP contribution in [-0.2, 0) is 0 Å². The van der Waals surface area contributed by atoms with Crippen LogP contribution in [0.5, 0.6) is 0 Å². The molecule has 0 aliphatic rings. The quantitative estimate of drug-likeness (QED) is 0.877. The van der Waals surface area contributed by atoms with E-state index in [0.29, 0.717) is 18.9 Å². The molecule has 1 heterocycles. The van der Waals surface area contributed by atoms with Crippen LogP contribution in [0, 0.1) is 5.82 Å². The Morgan fingerprint density at radius 2 is 2.11 bits per heavy atom. The molecule has 2 aromatic rings. The number of rotatable bonds is 5. The van der Waals surface area contributed by atoms with E-state index in [-0.39, 0.29) is 5.82 Å². The van der Waals surface area contributed by atoms with E-state index in [0.717, 1.165) is 12.1 Å². The minimum atomic E-state index is -0.269. The van der Waals surface area contributed by atoms with Crippen LogP contribution in [0.3, 0.4) is 0 Å². The third-order valence-corrected chi connectivity index (χ3v) is 2.54. The lowest BCUT2D eigenvalue weighted by Crippen LogP contribution is -2.22. The fourth-order valence-corrected chi connectivity index (χ4v) is 1.71. The molecule has 94 valence electrons. The van der Waals surface area contributed by atoms with Gasteiger partial charge in [-0.25, -0.2) is 4.39 Å². The largest absolute Gasteiger partial charge is 0.330 e. The Balaban J connectivity index is 2.31. The molecule has 0 radical (unpaired) electrons. The zero-order chi connectivity index (χ0) is 12.8. The molecule has 0 saturated carbocycles. The molecule has 0 saturated heterocycles. The first-order valence-corrected chi connectivity index (χ1v) is 5.82. The zero-order valence-electron chi connectivity index (χ0n) is 9.96. The summed E-state index contributed by atoms with van der Waals surface area (Å²) in [6, 6.07) is 10.1. The van der Waals surface area contributed by atoms with Gasteiger partial charge in [0.05, 0.1) is 0 Å². The number of nitrogens with two attached hydrogens (primary N) is 1. The van der Waals surface area contributed by atoms with Crippen molar-refractivity contribution in [3.05, 3.63) is 48.4 Å². The first kappa shape index (κ1) is 12.4. The molecular weight excluding hydrogens is 231 g/mol. The summed E-state index contributed by atoms with van der Waals surface area (Å²) in [5, 5.41) is 7.90. The number of benzene rings is 1. The maximum atomic E-state index is 13.3. The van der Waals surface area contributed by atoms with E-state index in [1.54, 1.807) is 18.3 Å². The van der Waals surface area contributed by atoms with E-state index in [1.807, 2.05) is 17.0 Å². The maximum absolute atomic E-state index is 13.3. The minimum Gasteiger partial charge on any atom is -0.330 e. The van der Waals surface area contributed by atoms with Gasteiger partial charge < -0.3 is 10.6 Å². The summed E-state index contributed by atoms with van der Waals surface area (Å²) < 4.78 is 13.3. The Kier molecular flexibility index (Phi) is 4.20. The molecule has 4 nitrogen and oxygen atoms in total. The highest BCUT2D eigenvalue weighted by Crippen LogP contribution is 2.23. The Bertz CT molecular complexity index is 489. The van der Waals surface area contributed by atoms with Crippen molar-refractivity contribution < 1.29 is 4.39 Å². The van der Waals surface area contributed by atoms with E-state index >= 15 is 0 Å². The molecule has 0 unspecified atom stereocenters. The van der Waals surface area contributed by atoms with Gasteiger partial charge in [-0.2, -0.15) is 5.10 Å². The van der Waals surface area contributed by atoms with Gasteiger partial charge in [0.1, 0.15) is 5.82 Å². The van der Waals surface area contributed by atoms with Crippen LogP contribution in [0.15, 0.2) is 42.6 Å². The van der Waals surface area contributed by atoms with E-state index in [9.17, 15) is 4.39 Å². The summed E-state index contributed by atoms with van der Waals surface area (Å²) in [5.41, 5.74) is 6.28. The lowest BCUT2D eigenvalue weighted by molar-refractivity contribution is 0.627. The van der Waals surface area contributed by atoms with Crippen LogP contribution >= 0.6 is 0 Å². The standard InChI is InChI=1S/C13H15FN4/c14-11-4-1-5-12(10-11)18(9-3-7-15)13-6-2-8-16-17-13/h1-2,4-6,8,10H,3,7,9,15H2. The van der Waals surface area contributed by atoms with Crippen LogP contribution in [0.1, 0.15) is 6.42 Å². The Hall–Kier alpha value is -2.01. The number of anilines is 2. The third-order valence-electron chi connectivity index (χ3n) is 2.54. The number of hydrogen-bond donors (Lipinski definition) is 1. The van der Waals surface area contributed by atoms with Gasteiger partial charge in [0.25, 0.3) is 0 Å². The third kappa shape index (κ3) is 3.01. The molecule has 0 amide bonds. The average Bonchev–Trinajstić information content (AvgIpc) is 2.40. The van der Waals surface area contributed by atoms with Crippen molar-refractivity contribution in [3.8, 4) is 0 Å². The predicted octanol–water partition coefficient (Wildman–Crippen LogP) is 2.10. The van der Waals surface area contributed by atoms with Crippen LogP contribution in [0.4, 0.5) is 15.9 Å². The molecule has 2 N–H and O–H groups in total. The molecule has 0 aliphatic heterocycles. The van der Waals surface area contributed by atoms with Crippen molar-refractivity contribution in [1.82, 2.24) is 10.2 Å². The number of halogens is 1. The molecule has 1 aromatic heterocycles. The molecule has 0 fully saturated rings. The van der Waals surface area contributed by atoms with E-state index in [4.69, 9.17) is 5.73 Å². The lowest BCUT2D eigenvalue weighted by Gasteiger charge is -2.23.